The number of nitrogens with zero attached hydrogens (tertiary/aromatic N) is 1. The first-order chi connectivity index (χ1) is 5.27. The zero-order chi connectivity index (χ0) is 7.84. The third kappa shape index (κ3) is 1.20. The first-order valence-corrected chi connectivity index (χ1v) is 3.83. The number of H-pyrrole nitrogens is 1. The zero-order valence-corrected chi connectivity index (χ0v) is 6.33. The quantitative estimate of drug-likeness (QED) is 0.687. The van der Waals surface area contributed by atoms with Crippen molar-refractivity contribution in [3.8, 4) is 0 Å². The van der Waals surface area contributed by atoms with Crippen molar-refractivity contribution in [1.29, 1.82) is 0 Å². The maximum Gasteiger partial charge on any atom is 0.434 e. The van der Waals surface area contributed by atoms with Crippen LogP contribution in [0.15, 0.2) is 9.21 Å². The minimum Gasteiger partial charge on any atom is -0.392 e. The zero-order valence-electron chi connectivity index (χ0n) is 6.33. The normalized spacial score (nSPS) is 20.1. The molecule has 1 aliphatic rings. The monoisotopic (exact) mass is 154 g/mol. The predicted molar refractivity (Wildman–Crippen MR) is 38.3 cm³/mol. The number of aromatic amines is 1. The molecule has 1 N–H and O–H groups in total. The minimum absolute atomic E-state index is 0.300. The van der Waals surface area contributed by atoms with E-state index in [1.54, 1.807) is 0 Å². The average Bonchev–Trinajstić information content (AvgIpc) is 2.74. The van der Waals surface area contributed by atoms with Gasteiger partial charge in [-0.2, -0.15) is 0 Å². The number of hydrogen-bond acceptors (Lipinski definition) is 3. The van der Waals surface area contributed by atoms with Gasteiger partial charge in [-0.25, -0.2) is 9.89 Å². The Kier molecular flexibility index (Phi) is 1.34. The third-order valence-electron chi connectivity index (χ3n) is 2.17. The summed E-state index contributed by atoms with van der Waals surface area (Å²) in [6, 6.07) is 0. The molecular weight excluding hydrogens is 144 g/mol. The number of rotatable bonds is 2. The molecule has 1 atom stereocenters. The van der Waals surface area contributed by atoms with Gasteiger partial charge in [-0.05, 0) is 18.8 Å². The van der Waals surface area contributed by atoms with Crippen molar-refractivity contribution in [2.24, 2.45) is 5.92 Å². The summed E-state index contributed by atoms with van der Waals surface area (Å²) in [6.45, 7) is 2.04. The highest BCUT2D eigenvalue weighted by atomic mass is 16.4. The molecule has 0 bridgehead atoms. The summed E-state index contributed by atoms with van der Waals surface area (Å²) in [6.07, 6.45) is 2.47. The predicted octanol–water partition coefficient (Wildman–Crippen LogP) is 0.876. The smallest absolute Gasteiger partial charge is 0.392 e. The van der Waals surface area contributed by atoms with Crippen molar-refractivity contribution in [3.63, 3.8) is 0 Å². The Morgan fingerprint density at radius 1 is 1.73 bits per heavy atom. The van der Waals surface area contributed by atoms with Gasteiger partial charge in [0, 0.05) is 5.92 Å². The highest BCUT2D eigenvalue weighted by Gasteiger charge is 2.31. The molecule has 0 aliphatic heterocycles. The highest BCUT2D eigenvalue weighted by molar-refractivity contribution is 4.95. The Hall–Kier alpha value is -1.06. The lowest BCUT2D eigenvalue weighted by atomic mass is 10.1. The summed E-state index contributed by atoms with van der Waals surface area (Å²) >= 11 is 0. The van der Waals surface area contributed by atoms with E-state index in [1.165, 1.54) is 12.8 Å². The molecule has 0 aromatic carbocycles. The molecule has 60 valence electrons. The first-order valence-electron chi connectivity index (χ1n) is 3.83. The first kappa shape index (κ1) is 6.64. The van der Waals surface area contributed by atoms with E-state index >= 15 is 0 Å². The maximum atomic E-state index is 10.6. The largest absolute Gasteiger partial charge is 0.434 e. The van der Waals surface area contributed by atoms with Crippen molar-refractivity contribution in [3.05, 3.63) is 16.4 Å². The molecule has 1 fully saturated rings. The van der Waals surface area contributed by atoms with Crippen LogP contribution in [0.1, 0.15) is 31.6 Å². The molecule has 0 spiro atoms. The molecule has 0 radical (unpaired) electrons. The fraction of sp³-hybridized carbons (Fsp3) is 0.714. The second-order valence-electron chi connectivity index (χ2n) is 3.08. The Labute approximate surface area is 63.6 Å². The summed E-state index contributed by atoms with van der Waals surface area (Å²) in [5, 5.41) is 6.03. The Morgan fingerprint density at radius 3 is 2.91 bits per heavy atom. The van der Waals surface area contributed by atoms with Crippen LogP contribution in [0.4, 0.5) is 0 Å². The van der Waals surface area contributed by atoms with Crippen LogP contribution in [0.5, 0.6) is 0 Å². The van der Waals surface area contributed by atoms with Gasteiger partial charge in [0.15, 0.2) is 0 Å². The van der Waals surface area contributed by atoms with Crippen molar-refractivity contribution >= 4 is 0 Å². The Morgan fingerprint density at radius 2 is 2.45 bits per heavy atom. The summed E-state index contributed by atoms with van der Waals surface area (Å²) in [4.78, 5) is 10.6. The minimum atomic E-state index is -0.451. The van der Waals surface area contributed by atoms with Gasteiger partial charge in [0.05, 0.1) is 0 Å². The van der Waals surface area contributed by atoms with E-state index in [4.69, 9.17) is 4.42 Å². The van der Waals surface area contributed by atoms with E-state index in [0.717, 1.165) is 0 Å². The van der Waals surface area contributed by atoms with Crippen LogP contribution in [-0.2, 0) is 0 Å². The van der Waals surface area contributed by atoms with Crippen LogP contribution >= 0.6 is 0 Å². The molecule has 1 aromatic heterocycles. The summed E-state index contributed by atoms with van der Waals surface area (Å²) in [5.74, 6) is 1.08. The van der Waals surface area contributed by atoms with E-state index in [2.05, 4.69) is 10.2 Å². The molecule has 1 aromatic rings. The topological polar surface area (TPSA) is 58.9 Å². The van der Waals surface area contributed by atoms with Crippen molar-refractivity contribution < 1.29 is 4.42 Å². The van der Waals surface area contributed by atoms with Crippen LogP contribution in [0, 0.1) is 5.92 Å². The molecule has 0 amide bonds. The lowest BCUT2D eigenvalue weighted by Gasteiger charge is -2.00. The van der Waals surface area contributed by atoms with E-state index in [0.29, 0.717) is 17.7 Å². The van der Waals surface area contributed by atoms with Gasteiger partial charge >= 0.3 is 5.76 Å². The fourth-order valence-corrected chi connectivity index (χ4v) is 1.23. The summed E-state index contributed by atoms with van der Waals surface area (Å²) in [5.41, 5.74) is 0. The van der Waals surface area contributed by atoms with Gasteiger partial charge in [-0.3, -0.25) is 0 Å². The fourth-order valence-electron chi connectivity index (χ4n) is 1.23. The Balaban J connectivity index is 2.20. The molecule has 0 saturated heterocycles. The molecule has 4 nitrogen and oxygen atoms in total. The molecule has 2 rings (SSSR count). The van der Waals surface area contributed by atoms with Crippen LogP contribution in [-0.4, -0.2) is 10.2 Å². The van der Waals surface area contributed by atoms with Crippen molar-refractivity contribution in [1.82, 2.24) is 10.2 Å². The number of hydrogen-bond donors (Lipinski definition) is 1. The van der Waals surface area contributed by atoms with Crippen molar-refractivity contribution in [2.45, 2.75) is 25.7 Å². The second kappa shape index (κ2) is 2.22. The summed E-state index contributed by atoms with van der Waals surface area (Å²) in [7, 11) is 0. The molecule has 1 aliphatic carbocycles. The van der Waals surface area contributed by atoms with Crippen LogP contribution < -0.4 is 5.76 Å². The summed E-state index contributed by atoms with van der Waals surface area (Å²) < 4.78 is 4.82. The van der Waals surface area contributed by atoms with E-state index < -0.39 is 5.76 Å². The van der Waals surface area contributed by atoms with E-state index in [-0.39, 0.29) is 0 Å². The molecule has 1 unspecified atom stereocenters. The van der Waals surface area contributed by atoms with Gasteiger partial charge < -0.3 is 4.42 Å². The van der Waals surface area contributed by atoms with Crippen LogP contribution in [0.3, 0.4) is 0 Å². The SMILES string of the molecule is CC(c1n[nH]c(=O)o1)C1CC1. The molecular formula is C7H10N2O2. The van der Waals surface area contributed by atoms with Gasteiger partial charge in [0.2, 0.25) is 5.89 Å². The lowest BCUT2D eigenvalue weighted by molar-refractivity contribution is 0.415. The van der Waals surface area contributed by atoms with E-state index in [1.807, 2.05) is 6.92 Å². The van der Waals surface area contributed by atoms with Gasteiger partial charge in [0.1, 0.15) is 0 Å². The Bertz CT molecular complexity index is 297. The van der Waals surface area contributed by atoms with E-state index in [9.17, 15) is 4.79 Å². The highest BCUT2D eigenvalue weighted by Crippen LogP contribution is 2.41. The lowest BCUT2D eigenvalue weighted by Crippen LogP contribution is -1.96. The van der Waals surface area contributed by atoms with Gasteiger partial charge in [-0.15, -0.1) is 5.10 Å². The third-order valence-corrected chi connectivity index (χ3v) is 2.17. The standard InChI is InChI=1S/C7H10N2O2/c1-4(5-2-3-5)6-8-9-7(10)11-6/h4-5H,2-3H2,1H3,(H,9,10). The van der Waals surface area contributed by atoms with Crippen molar-refractivity contribution in [2.75, 3.05) is 0 Å². The molecule has 1 saturated carbocycles. The van der Waals surface area contributed by atoms with Crippen LogP contribution in [0.25, 0.3) is 0 Å². The molecule has 1 heterocycles. The number of nitrogens with one attached hydrogen (secondary N) is 1. The number of aromatic nitrogens is 2. The van der Waals surface area contributed by atoms with Crippen LogP contribution in [0.2, 0.25) is 0 Å². The maximum absolute atomic E-state index is 10.6. The van der Waals surface area contributed by atoms with Gasteiger partial charge in [-0.1, -0.05) is 6.92 Å². The van der Waals surface area contributed by atoms with Gasteiger partial charge in [0.25, 0.3) is 0 Å². The molecule has 4 heteroatoms. The average molecular weight is 154 g/mol. The second-order valence-corrected chi connectivity index (χ2v) is 3.08. The molecule has 11 heavy (non-hydrogen) atoms.